The van der Waals surface area contributed by atoms with Crippen molar-refractivity contribution in [2.45, 2.75) is 16.2 Å². The quantitative estimate of drug-likeness (QED) is 0.597. The fraction of sp³-hybridized carbons (Fsp3) is 0.571. The molecule has 1 saturated heterocycles. The molecule has 0 radical (unpaired) electrons. The van der Waals surface area contributed by atoms with Gasteiger partial charge in [0.2, 0.25) is 20.0 Å². The molecule has 0 unspecified atom stereocenters. The predicted octanol–water partition coefficient (Wildman–Crippen LogP) is -0.405. The van der Waals surface area contributed by atoms with Crippen molar-refractivity contribution in [2.75, 3.05) is 46.4 Å². The van der Waals surface area contributed by atoms with Crippen LogP contribution in [0.15, 0.2) is 34.1 Å². The molecule has 10 heteroatoms. The van der Waals surface area contributed by atoms with Gasteiger partial charge in [-0.15, -0.1) is 0 Å². The lowest BCUT2D eigenvalue weighted by Gasteiger charge is -2.26. The first-order chi connectivity index (χ1) is 11.4. The zero-order valence-electron chi connectivity index (χ0n) is 13.6. The van der Waals surface area contributed by atoms with Crippen LogP contribution in [0.5, 0.6) is 0 Å². The number of hydrogen-bond donors (Lipinski definition) is 2. The summed E-state index contributed by atoms with van der Waals surface area (Å²) >= 11 is 0. The molecule has 136 valence electrons. The first kappa shape index (κ1) is 19.3. The lowest BCUT2D eigenvalue weighted by Crippen LogP contribution is -2.40. The smallest absolute Gasteiger partial charge is 0.243 e. The molecule has 0 bridgehead atoms. The van der Waals surface area contributed by atoms with Gasteiger partial charge < -0.3 is 10.1 Å². The molecule has 1 aromatic rings. The molecule has 24 heavy (non-hydrogen) atoms. The van der Waals surface area contributed by atoms with Crippen LogP contribution in [0.2, 0.25) is 0 Å². The van der Waals surface area contributed by atoms with Gasteiger partial charge in [0.15, 0.2) is 0 Å². The van der Waals surface area contributed by atoms with Crippen molar-refractivity contribution in [1.82, 2.24) is 14.3 Å². The molecule has 2 N–H and O–H groups in total. The predicted molar refractivity (Wildman–Crippen MR) is 89.8 cm³/mol. The largest absolute Gasteiger partial charge is 0.379 e. The van der Waals surface area contributed by atoms with Gasteiger partial charge in [-0.1, -0.05) is 0 Å². The Morgan fingerprint density at radius 3 is 2.17 bits per heavy atom. The maximum absolute atomic E-state index is 12.5. The number of rotatable bonds is 8. The number of nitrogens with zero attached hydrogens (tertiary/aromatic N) is 1. The van der Waals surface area contributed by atoms with Gasteiger partial charge in [0.1, 0.15) is 0 Å². The third-order valence-electron chi connectivity index (χ3n) is 3.64. The maximum Gasteiger partial charge on any atom is 0.243 e. The second-order valence-electron chi connectivity index (χ2n) is 5.34. The van der Waals surface area contributed by atoms with Gasteiger partial charge in [-0.25, -0.2) is 21.6 Å². The zero-order chi connectivity index (χ0) is 17.6. The van der Waals surface area contributed by atoms with E-state index in [2.05, 4.69) is 10.0 Å². The minimum atomic E-state index is -3.63. The van der Waals surface area contributed by atoms with Crippen molar-refractivity contribution in [1.29, 1.82) is 0 Å². The highest BCUT2D eigenvalue weighted by Gasteiger charge is 2.26. The first-order valence-corrected chi connectivity index (χ1v) is 10.6. The highest BCUT2D eigenvalue weighted by molar-refractivity contribution is 7.89. The van der Waals surface area contributed by atoms with E-state index in [1.54, 1.807) is 7.05 Å². The Labute approximate surface area is 143 Å². The summed E-state index contributed by atoms with van der Waals surface area (Å²) in [4.78, 5) is 0.131. The molecular weight excluding hydrogens is 354 g/mol. The average molecular weight is 377 g/mol. The molecule has 1 aromatic carbocycles. The fourth-order valence-electron chi connectivity index (χ4n) is 2.28. The molecule has 1 fully saturated rings. The summed E-state index contributed by atoms with van der Waals surface area (Å²) < 4.78 is 58.3. The van der Waals surface area contributed by atoms with Crippen molar-refractivity contribution in [3.05, 3.63) is 24.3 Å². The van der Waals surface area contributed by atoms with Crippen LogP contribution in [0.25, 0.3) is 0 Å². The second-order valence-corrected chi connectivity index (χ2v) is 9.05. The van der Waals surface area contributed by atoms with E-state index in [0.29, 0.717) is 45.8 Å². The molecule has 0 atom stereocenters. The van der Waals surface area contributed by atoms with Gasteiger partial charge in [-0.05, 0) is 44.3 Å². The third kappa shape index (κ3) is 4.74. The fourth-order valence-corrected chi connectivity index (χ4v) is 4.76. The summed E-state index contributed by atoms with van der Waals surface area (Å²) in [5.41, 5.74) is 0. The Morgan fingerprint density at radius 2 is 1.58 bits per heavy atom. The summed E-state index contributed by atoms with van der Waals surface area (Å²) in [5.74, 6) is 0. The summed E-state index contributed by atoms with van der Waals surface area (Å²) in [6, 6.07) is 5.28. The Hall–Kier alpha value is -1.04. The summed E-state index contributed by atoms with van der Waals surface area (Å²) in [7, 11) is -5.46. The topological polar surface area (TPSA) is 105 Å². The van der Waals surface area contributed by atoms with Gasteiger partial charge >= 0.3 is 0 Å². The SMILES string of the molecule is CNCCCNS(=O)(=O)c1ccc(S(=O)(=O)N2CCOCC2)cc1. The minimum absolute atomic E-state index is 0.0490. The molecule has 8 nitrogen and oxygen atoms in total. The molecule has 2 rings (SSSR count). The van der Waals surface area contributed by atoms with Crippen molar-refractivity contribution >= 4 is 20.0 Å². The van der Waals surface area contributed by atoms with E-state index < -0.39 is 20.0 Å². The highest BCUT2D eigenvalue weighted by Crippen LogP contribution is 2.19. The van der Waals surface area contributed by atoms with Crippen LogP contribution in [-0.2, 0) is 24.8 Å². The van der Waals surface area contributed by atoms with E-state index in [0.717, 1.165) is 0 Å². The lowest BCUT2D eigenvalue weighted by atomic mass is 10.4. The number of morpholine rings is 1. The maximum atomic E-state index is 12.5. The van der Waals surface area contributed by atoms with Crippen molar-refractivity contribution in [3.63, 3.8) is 0 Å². The molecule has 0 saturated carbocycles. The molecule has 0 spiro atoms. The van der Waals surface area contributed by atoms with Gasteiger partial charge in [-0.3, -0.25) is 0 Å². The molecular formula is C14H23N3O5S2. The van der Waals surface area contributed by atoms with E-state index in [4.69, 9.17) is 4.74 Å². The number of sulfonamides is 2. The van der Waals surface area contributed by atoms with Gasteiger partial charge in [0, 0.05) is 19.6 Å². The van der Waals surface area contributed by atoms with E-state index >= 15 is 0 Å². The van der Waals surface area contributed by atoms with E-state index in [9.17, 15) is 16.8 Å². The number of ether oxygens (including phenoxy) is 1. The van der Waals surface area contributed by atoms with Gasteiger partial charge in [-0.2, -0.15) is 4.31 Å². The van der Waals surface area contributed by atoms with Gasteiger partial charge in [0.25, 0.3) is 0 Å². The Kier molecular flexibility index (Phi) is 6.72. The van der Waals surface area contributed by atoms with Crippen molar-refractivity contribution < 1.29 is 21.6 Å². The van der Waals surface area contributed by atoms with Gasteiger partial charge in [0.05, 0.1) is 23.0 Å². The first-order valence-electron chi connectivity index (χ1n) is 7.70. The van der Waals surface area contributed by atoms with Crippen LogP contribution in [0, 0.1) is 0 Å². The molecule has 1 aliphatic heterocycles. The van der Waals surface area contributed by atoms with Crippen molar-refractivity contribution in [3.8, 4) is 0 Å². The Bertz CT molecular complexity index is 726. The summed E-state index contributed by atoms with van der Waals surface area (Å²) in [6.45, 7) is 2.35. The highest BCUT2D eigenvalue weighted by atomic mass is 32.2. The Morgan fingerprint density at radius 1 is 1.00 bits per heavy atom. The molecule has 1 heterocycles. The second kappa shape index (κ2) is 8.37. The standard InChI is InChI=1S/C14H23N3O5S2/c1-15-7-2-8-16-23(18,19)13-3-5-14(6-4-13)24(20,21)17-9-11-22-12-10-17/h3-6,15-16H,2,7-12H2,1H3. The number of benzene rings is 1. The molecule has 0 aliphatic carbocycles. The molecule has 0 amide bonds. The summed E-state index contributed by atoms with van der Waals surface area (Å²) in [6.07, 6.45) is 0.666. The molecule has 0 aromatic heterocycles. The van der Waals surface area contributed by atoms with Crippen LogP contribution in [-0.4, -0.2) is 67.6 Å². The van der Waals surface area contributed by atoms with E-state index in [1.807, 2.05) is 0 Å². The van der Waals surface area contributed by atoms with Crippen LogP contribution in [0.3, 0.4) is 0 Å². The van der Waals surface area contributed by atoms with Crippen LogP contribution in [0.1, 0.15) is 6.42 Å². The molecule has 1 aliphatic rings. The lowest BCUT2D eigenvalue weighted by molar-refractivity contribution is 0.0730. The normalized spacial score (nSPS) is 17.0. The Balaban J connectivity index is 2.09. The van der Waals surface area contributed by atoms with E-state index in [1.165, 1.54) is 28.6 Å². The summed E-state index contributed by atoms with van der Waals surface area (Å²) in [5, 5.41) is 2.93. The average Bonchev–Trinajstić information content (AvgIpc) is 2.60. The van der Waals surface area contributed by atoms with Crippen LogP contribution < -0.4 is 10.0 Å². The van der Waals surface area contributed by atoms with Crippen LogP contribution in [0.4, 0.5) is 0 Å². The van der Waals surface area contributed by atoms with E-state index in [-0.39, 0.29) is 9.79 Å². The zero-order valence-corrected chi connectivity index (χ0v) is 15.2. The number of nitrogens with one attached hydrogen (secondary N) is 2. The monoisotopic (exact) mass is 377 g/mol. The van der Waals surface area contributed by atoms with Crippen LogP contribution >= 0.6 is 0 Å². The number of hydrogen-bond acceptors (Lipinski definition) is 6. The minimum Gasteiger partial charge on any atom is -0.379 e. The van der Waals surface area contributed by atoms with Crippen molar-refractivity contribution in [2.24, 2.45) is 0 Å². The third-order valence-corrected chi connectivity index (χ3v) is 7.03.